The lowest BCUT2D eigenvalue weighted by Gasteiger charge is -1.87. The van der Waals surface area contributed by atoms with E-state index in [1.54, 1.807) is 0 Å². The summed E-state index contributed by atoms with van der Waals surface area (Å²) in [7, 11) is 0. The maximum Gasteiger partial charge on any atom is 0.340 e. The van der Waals surface area contributed by atoms with Crippen LogP contribution in [0.5, 0.6) is 0 Å². The average Bonchev–Trinajstić information content (AvgIpc) is 1.64. The van der Waals surface area contributed by atoms with Gasteiger partial charge >= 0.3 is 5.97 Å². The Morgan fingerprint density at radius 2 is 1.88 bits per heavy atom. The summed E-state index contributed by atoms with van der Waals surface area (Å²) in [6.45, 7) is 2.88. The van der Waals surface area contributed by atoms with E-state index in [1.807, 2.05) is 0 Å². The Bertz CT molecular complexity index is 133. The maximum atomic E-state index is 9.88. The largest absolute Gasteiger partial charge is 0.478 e. The lowest BCUT2D eigenvalue weighted by molar-refractivity contribution is -0.134. The Hall–Kier alpha value is -1.32. The highest BCUT2D eigenvalue weighted by atomic mass is 16.4. The van der Waals surface area contributed by atoms with Gasteiger partial charge in [0.05, 0.1) is 0 Å². The molecule has 0 saturated carbocycles. The van der Waals surface area contributed by atoms with E-state index in [-0.39, 0.29) is 0 Å². The molecule has 0 aromatic rings. The minimum atomic E-state index is -1.38. The van der Waals surface area contributed by atoms with Gasteiger partial charge in [-0.2, -0.15) is 0 Å². The Morgan fingerprint density at radius 3 is 1.88 bits per heavy atom. The van der Waals surface area contributed by atoms with Crippen LogP contribution in [0, 0.1) is 0 Å². The number of hydrogen-bond donors (Lipinski definition) is 2. The van der Waals surface area contributed by atoms with Crippen LogP contribution in [0.3, 0.4) is 0 Å². The van der Waals surface area contributed by atoms with Crippen molar-refractivity contribution in [3.8, 4) is 0 Å². The molecule has 44 valence electrons. The van der Waals surface area contributed by atoms with E-state index in [0.29, 0.717) is 0 Å². The van der Waals surface area contributed by atoms with Crippen molar-refractivity contribution in [1.82, 2.24) is 0 Å². The van der Waals surface area contributed by atoms with E-state index < -0.39 is 17.4 Å². The number of nitrogens with two attached hydrogens (primary N) is 1. The van der Waals surface area contributed by atoms with E-state index in [9.17, 15) is 9.59 Å². The molecule has 0 heterocycles. The van der Waals surface area contributed by atoms with E-state index in [1.165, 1.54) is 0 Å². The number of aliphatic carboxylic acids is 1. The molecular formula is C4H5NO3. The summed E-state index contributed by atoms with van der Waals surface area (Å²) >= 11 is 0. The van der Waals surface area contributed by atoms with Crippen molar-refractivity contribution < 1.29 is 14.7 Å². The fourth-order valence-electron chi connectivity index (χ4n) is 0.105. The standard InChI is InChI=1S/C4H5NO3/c1-2(3(5)6)4(7)8/h1H2,(H2,5,6)(H,7,8). The van der Waals surface area contributed by atoms with Crippen molar-refractivity contribution in [2.24, 2.45) is 5.73 Å². The number of rotatable bonds is 2. The molecular weight excluding hydrogens is 110 g/mol. The van der Waals surface area contributed by atoms with Crippen LogP contribution >= 0.6 is 0 Å². The summed E-state index contributed by atoms with van der Waals surface area (Å²) in [6.07, 6.45) is 0. The number of carboxylic acids is 1. The van der Waals surface area contributed by atoms with Gasteiger partial charge < -0.3 is 10.8 Å². The molecule has 0 saturated heterocycles. The van der Waals surface area contributed by atoms with Crippen LogP contribution in [-0.2, 0) is 9.59 Å². The number of carbonyl (C=O) groups excluding carboxylic acids is 1. The molecule has 8 heavy (non-hydrogen) atoms. The quantitative estimate of drug-likeness (QED) is 0.278. The Kier molecular flexibility index (Phi) is 1.76. The molecule has 4 nitrogen and oxygen atoms in total. The Morgan fingerprint density at radius 1 is 1.50 bits per heavy atom. The molecule has 0 aliphatic rings. The lowest BCUT2D eigenvalue weighted by atomic mass is 10.3. The highest BCUT2D eigenvalue weighted by Gasteiger charge is 2.08. The maximum absolute atomic E-state index is 9.88. The smallest absolute Gasteiger partial charge is 0.340 e. The first-order chi connectivity index (χ1) is 3.55. The van der Waals surface area contributed by atoms with Crippen LogP contribution in [0.2, 0.25) is 0 Å². The summed E-state index contributed by atoms with van der Waals surface area (Å²) in [5, 5.41) is 7.95. The molecule has 0 aromatic carbocycles. The van der Waals surface area contributed by atoms with Gasteiger partial charge in [-0.15, -0.1) is 0 Å². The summed E-state index contributed by atoms with van der Waals surface area (Å²) in [5.74, 6) is -2.38. The molecule has 0 radical (unpaired) electrons. The van der Waals surface area contributed by atoms with Crippen molar-refractivity contribution in [2.75, 3.05) is 0 Å². The number of carbonyl (C=O) groups is 2. The van der Waals surface area contributed by atoms with Gasteiger partial charge in [-0.3, -0.25) is 4.79 Å². The predicted molar refractivity (Wildman–Crippen MR) is 26.0 cm³/mol. The summed E-state index contributed by atoms with van der Waals surface area (Å²) in [6, 6.07) is 0. The predicted octanol–water partition coefficient (Wildman–Crippen LogP) is -0.888. The zero-order valence-corrected chi connectivity index (χ0v) is 4.05. The van der Waals surface area contributed by atoms with E-state index >= 15 is 0 Å². The summed E-state index contributed by atoms with van der Waals surface area (Å²) in [5.41, 5.74) is 3.92. The second kappa shape index (κ2) is 2.11. The SMILES string of the molecule is C=C(C(N)=O)C(=O)O. The number of amides is 1. The van der Waals surface area contributed by atoms with Gasteiger partial charge in [-0.1, -0.05) is 6.58 Å². The van der Waals surface area contributed by atoms with Gasteiger partial charge in [0, 0.05) is 0 Å². The second-order valence-corrected chi connectivity index (χ2v) is 1.15. The minimum absolute atomic E-state index is 0.593. The van der Waals surface area contributed by atoms with Crippen LogP contribution < -0.4 is 5.73 Å². The zero-order valence-electron chi connectivity index (χ0n) is 4.05. The molecule has 0 bridgehead atoms. The van der Waals surface area contributed by atoms with Gasteiger partial charge in [0.25, 0.3) is 5.91 Å². The van der Waals surface area contributed by atoms with Crippen molar-refractivity contribution in [1.29, 1.82) is 0 Å². The first-order valence-electron chi connectivity index (χ1n) is 1.77. The fourth-order valence-corrected chi connectivity index (χ4v) is 0.105. The van der Waals surface area contributed by atoms with Crippen LogP contribution in [0.1, 0.15) is 0 Å². The number of hydrogen-bond acceptors (Lipinski definition) is 2. The van der Waals surface area contributed by atoms with Gasteiger partial charge in [0.2, 0.25) is 0 Å². The molecule has 0 spiro atoms. The zero-order chi connectivity index (χ0) is 6.73. The molecule has 4 heteroatoms. The van der Waals surface area contributed by atoms with Crippen LogP contribution in [0.25, 0.3) is 0 Å². The van der Waals surface area contributed by atoms with E-state index in [0.717, 1.165) is 0 Å². The van der Waals surface area contributed by atoms with Gasteiger partial charge in [-0.05, 0) is 0 Å². The molecule has 1 amide bonds. The topological polar surface area (TPSA) is 80.4 Å². The third-order valence-corrected chi connectivity index (χ3v) is 0.556. The van der Waals surface area contributed by atoms with Crippen molar-refractivity contribution in [3.05, 3.63) is 12.2 Å². The first-order valence-corrected chi connectivity index (χ1v) is 1.77. The molecule has 0 aromatic heterocycles. The third kappa shape index (κ3) is 1.42. The van der Waals surface area contributed by atoms with Crippen molar-refractivity contribution in [3.63, 3.8) is 0 Å². The van der Waals surface area contributed by atoms with E-state index in [2.05, 4.69) is 12.3 Å². The Labute approximate surface area is 45.6 Å². The average molecular weight is 115 g/mol. The van der Waals surface area contributed by atoms with Gasteiger partial charge in [-0.25, -0.2) is 4.79 Å². The molecule has 0 atom stereocenters. The number of primary amides is 1. The lowest BCUT2D eigenvalue weighted by Crippen LogP contribution is -2.18. The normalized spacial score (nSPS) is 8.00. The first kappa shape index (κ1) is 6.68. The van der Waals surface area contributed by atoms with Gasteiger partial charge in [0.1, 0.15) is 5.57 Å². The fraction of sp³-hybridized carbons (Fsp3) is 0. The molecule has 0 aliphatic carbocycles. The van der Waals surface area contributed by atoms with Crippen LogP contribution in [0.15, 0.2) is 12.2 Å². The summed E-state index contributed by atoms with van der Waals surface area (Å²) < 4.78 is 0. The molecule has 0 aliphatic heterocycles. The summed E-state index contributed by atoms with van der Waals surface area (Å²) in [4.78, 5) is 19.6. The minimum Gasteiger partial charge on any atom is -0.478 e. The Balaban J connectivity index is 4.05. The molecule has 0 unspecified atom stereocenters. The van der Waals surface area contributed by atoms with Gasteiger partial charge in [0.15, 0.2) is 0 Å². The third-order valence-electron chi connectivity index (χ3n) is 0.556. The molecule has 0 rings (SSSR count). The van der Waals surface area contributed by atoms with Crippen LogP contribution in [0.4, 0.5) is 0 Å². The van der Waals surface area contributed by atoms with Crippen LogP contribution in [-0.4, -0.2) is 17.0 Å². The van der Waals surface area contributed by atoms with Crippen molar-refractivity contribution in [2.45, 2.75) is 0 Å². The number of carboxylic acid groups (broad SMARTS) is 1. The van der Waals surface area contributed by atoms with E-state index in [4.69, 9.17) is 5.11 Å². The van der Waals surface area contributed by atoms with Crippen molar-refractivity contribution >= 4 is 11.9 Å². The molecule has 3 N–H and O–H groups in total. The highest BCUT2D eigenvalue weighted by Crippen LogP contribution is 1.84. The monoisotopic (exact) mass is 115 g/mol. The molecule has 0 fully saturated rings. The highest BCUT2D eigenvalue weighted by molar-refractivity contribution is 6.14. The second-order valence-electron chi connectivity index (χ2n) is 1.15.